The van der Waals surface area contributed by atoms with Crippen LogP contribution in [0.4, 0.5) is 4.39 Å². The molecule has 3 aromatic rings. The fraction of sp³-hybridized carbons (Fsp3) is 0.250. The van der Waals surface area contributed by atoms with Gasteiger partial charge in [0.15, 0.2) is 11.6 Å². The highest BCUT2D eigenvalue weighted by atomic mass is 19.1. The second kappa shape index (κ2) is 7.19. The SMILES string of the molecule is COc1ccc(C(=O)N2CCC[C@H]2c2nc(-c3ccccc3)no2)cc1F. The molecule has 2 aromatic carbocycles. The van der Waals surface area contributed by atoms with Crippen molar-refractivity contribution in [2.45, 2.75) is 18.9 Å². The second-order valence-electron chi connectivity index (χ2n) is 6.33. The van der Waals surface area contributed by atoms with Crippen molar-refractivity contribution >= 4 is 5.91 Å². The number of halogens is 1. The summed E-state index contributed by atoms with van der Waals surface area (Å²) in [5.74, 6) is 0.157. The van der Waals surface area contributed by atoms with E-state index in [1.54, 1.807) is 11.0 Å². The van der Waals surface area contributed by atoms with Gasteiger partial charge in [-0.15, -0.1) is 0 Å². The van der Waals surface area contributed by atoms with Gasteiger partial charge in [-0.3, -0.25) is 4.79 Å². The summed E-state index contributed by atoms with van der Waals surface area (Å²) >= 11 is 0. The van der Waals surface area contributed by atoms with Crippen LogP contribution in [0.1, 0.15) is 35.1 Å². The summed E-state index contributed by atoms with van der Waals surface area (Å²) < 4.78 is 24.3. The van der Waals surface area contributed by atoms with Gasteiger partial charge in [-0.2, -0.15) is 4.98 Å². The van der Waals surface area contributed by atoms with Crippen molar-refractivity contribution in [3.8, 4) is 17.1 Å². The maximum absolute atomic E-state index is 14.0. The molecule has 4 rings (SSSR count). The lowest BCUT2D eigenvalue weighted by molar-refractivity contribution is 0.0709. The number of likely N-dealkylation sites (tertiary alicyclic amines) is 1. The molecule has 0 N–H and O–H groups in total. The van der Waals surface area contributed by atoms with Crippen LogP contribution in [-0.4, -0.2) is 34.6 Å². The molecule has 0 unspecified atom stereocenters. The van der Waals surface area contributed by atoms with Crippen LogP contribution >= 0.6 is 0 Å². The zero-order chi connectivity index (χ0) is 18.8. The third-order valence-corrected chi connectivity index (χ3v) is 4.67. The van der Waals surface area contributed by atoms with Crippen LogP contribution in [0.3, 0.4) is 0 Å². The van der Waals surface area contributed by atoms with Gasteiger partial charge in [0.25, 0.3) is 5.91 Å². The minimum atomic E-state index is -0.566. The van der Waals surface area contributed by atoms with Crippen LogP contribution < -0.4 is 4.74 Å². The summed E-state index contributed by atoms with van der Waals surface area (Å²) in [7, 11) is 1.39. The topological polar surface area (TPSA) is 68.5 Å². The van der Waals surface area contributed by atoms with Crippen LogP contribution in [0.15, 0.2) is 53.1 Å². The number of nitrogens with zero attached hydrogens (tertiary/aromatic N) is 3. The van der Waals surface area contributed by atoms with Gasteiger partial charge in [-0.25, -0.2) is 4.39 Å². The molecule has 0 bridgehead atoms. The average molecular weight is 367 g/mol. The lowest BCUT2D eigenvalue weighted by atomic mass is 10.1. The van der Waals surface area contributed by atoms with Crippen LogP contribution in [0, 0.1) is 5.82 Å². The van der Waals surface area contributed by atoms with Crippen LogP contribution in [0.25, 0.3) is 11.4 Å². The van der Waals surface area contributed by atoms with Gasteiger partial charge in [0.1, 0.15) is 6.04 Å². The molecule has 1 amide bonds. The first-order valence-corrected chi connectivity index (χ1v) is 8.71. The van der Waals surface area contributed by atoms with Crippen molar-refractivity contribution in [3.63, 3.8) is 0 Å². The summed E-state index contributed by atoms with van der Waals surface area (Å²) in [6.07, 6.45) is 1.54. The molecule has 1 aromatic heterocycles. The molecule has 1 aliphatic heterocycles. The maximum Gasteiger partial charge on any atom is 0.254 e. The first kappa shape index (κ1) is 17.2. The predicted octanol–water partition coefficient (Wildman–Crippen LogP) is 3.86. The molecule has 27 heavy (non-hydrogen) atoms. The van der Waals surface area contributed by atoms with E-state index in [9.17, 15) is 9.18 Å². The second-order valence-corrected chi connectivity index (χ2v) is 6.33. The number of rotatable bonds is 4. The van der Waals surface area contributed by atoms with E-state index < -0.39 is 5.82 Å². The highest BCUT2D eigenvalue weighted by Gasteiger charge is 2.34. The quantitative estimate of drug-likeness (QED) is 0.700. The third kappa shape index (κ3) is 3.28. The van der Waals surface area contributed by atoms with Crippen molar-refractivity contribution in [1.29, 1.82) is 0 Å². The maximum atomic E-state index is 14.0. The fourth-order valence-corrected chi connectivity index (χ4v) is 3.31. The zero-order valence-electron chi connectivity index (χ0n) is 14.8. The number of methoxy groups -OCH3 is 1. The lowest BCUT2D eigenvalue weighted by Gasteiger charge is -2.22. The largest absolute Gasteiger partial charge is 0.494 e. The molecule has 1 fully saturated rings. The number of benzene rings is 2. The highest BCUT2D eigenvalue weighted by Crippen LogP contribution is 2.33. The van der Waals surface area contributed by atoms with Gasteiger partial charge in [0.2, 0.25) is 11.7 Å². The Bertz CT molecular complexity index is 958. The Labute approximate surface area is 155 Å². The van der Waals surface area contributed by atoms with Crippen LogP contribution in [0.5, 0.6) is 5.75 Å². The minimum Gasteiger partial charge on any atom is -0.494 e. The van der Waals surface area contributed by atoms with E-state index in [2.05, 4.69) is 10.1 Å². The molecule has 1 atom stereocenters. The van der Waals surface area contributed by atoms with Crippen molar-refractivity contribution in [2.24, 2.45) is 0 Å². The van der Waals surface area contributed by atoms with Gasteiger partial charge in [0.05, 0.1) is 7.11 Å². The highest BCUT2D eigenvalue weighted by molar-refractivity contribution is 5.94. The van der Waals surface area contributed by atoms with E-state index >= 15 is 0 Å². The number of hydrogen-bond acceptors (Lipinski definition) is 5. The third-order valence-electron chi connectivity index (χ3n) is 4.67. The Hall–Kier alpha value is -3.22. The average Bonchev–Trinajstić information content (AvgIpc) is 3.37. The fourth-order valence-electron chi connectivity index (χ4n) is 3.31. The van der Waals surface area contributed by atoms with E-state index in [0.717, 1.165) is 18.4 Å². The molecule has 0 aliphatic carbocycles. The first-order chi connectivity index (χ1) is 13.2. The van der Waals surface area contributed by atoms with Crippen molar-refractivity contribution in [1.82, 2.24) is 15.0 Å². The molecule has 0 spiro atoms. The van der Waals surface area contributed by atoms with E-state index in [1.807, 2.05) is 30.3 Å². The molecule has 0 saturated carbocycles. The summed E-state index contributed by atoms with van der Waals surface area (Å²) in [6.45, 7) is 0.556. The van der Waals surface area contributed by atoms with E-state index in [1.165, 1.54) is 19.2 Å². The molecule has 2 heterocycles. The zero-order valence-corrected chi connectivity index (χ0v) is 14.8. The standard InChI is InChI=1S/C20H18FN3O3/c1-26-17-10-9-14(12-15(17)21)20(25)24-11-5-8-16(24)19-22-18(23-27-19)13-6-3-2-4-7-13/h2-4,6-7,9-10,12,16H,5,8,11H2,1H3/t16-/m0/s1. The number of carbonyl (C=O) groups is 1. The minimum absolute atomic E-state index is 0.105. The molecular weight excluding hydrogens is 349 g/mol. The number of aromatic nitrogens is 2. The van der Waals surface area contributed by atoms with E-state index in [4.69, 9.17) is 9.26 Å². The van der Waals surface area contributed by atoms with Crippen molar-refractivity contribution in [3.05, 3.63) is 65.8 Å². The predicted molar refractivity (Wildman–Crippen MR) is 95.7 cm³/mol. The molecule has 138 valence electrons. The van der Waals surface area contributed by atoms with Gasteiger partial charge in [-0.1, -0.05) is 35.5 Å². The normalized spacial score (nSPS) is 16.5. The molecule has 1 saturated heterocycles. The first-order valence-electron chi connectivity index (χ1n) is 8.71. The Morgan fingerprint density at radius 3 is 2.81 bits per heavy atom. The summed E-state index contributed by atoms with van der Waals surface area (Å²) in [5, 5.41) is 4.03. The molecular formula is C20H18FN3O3. The Balaban J connectivity index is 1.58. The monoisotopic (exact) mass is 367 g/mol. The summed E-state index contributed by atoms with van der Waals surface area (Å²) in [4.78, 5) is 19.0. The Morgan fingerprint density at radius 1 is 1.26 bits per heavy atom. The number of hydrogen-bond donors (Lipinski definition) is 0. The number of ether oxygens (including phenoxy) is 1. The summed E-state index contributed by atoms with van der Waals surface area (Å²) in [5.41, 5.74) is 1.11. The lowest BCUT2D eigenvalue weighted by Crippen LogP contribution is -2.30. The summed E-state index contributed by atoms with van der Waals surface area (Å²) in [6, 6.07) is 13.4. The van der Waals surface area contributed by atoms with Gasteiger partial charge in [0, 0.05) is 17.7 Å². The molecule has 1 aliphatic rings. The number of amides is 1. The van der Waals surface area contributed by atoms with Gasteiger partial charge < -0.3 is 14.2 Å². The van der Waals surface area contributed by atoms with Crippen molar-refractivity contribution in [2.75, 3.05) is 13.7 Å². The van der Waals surface area contributed by atoms with Crippen molar-refractivity contribution < 1.29 is 18.4 Å². The van der Waals surface area contributed by atoms with Crippen LogP contribution in [-0.2, 0) is 0 Å². The Kier molecular flexibility index (Phi) is 4.58. The van der Waals surface area contributed by atoms with E-state index in [-0.39, 0.29) is 23.3 Å². The molecule has 0 radical (unpaired) electrons. The van der Waals surface area contributed by atoms with Gasteiger partial charge in [-0.05, 0) is 31.0 Å². The smallest absolute Gasteiger partial charge is 0.254 e. The molecule has 6 nitrogen and oxygen atoms in total. The van der Waals surface area contributed by atoms with E-state index in [0.29, 0.717) is 18.3 Å². The van der Waals surface area contributed by atoms with Crippen LogP contribution in [0.2, 0.25) is 0 Å². The Morgan fingerprint density at radius 2 is 2.07 bits per heavy atom. The number of carbonyl (C=O) groups excluding carboxylic acids is 1. The molecule has 7 heteroatoms. The van der Waals surface area contributed by atoms with Gasteiger partial charge >= 0.3 is 0 Å².